The first-order chi connectivity index (χ1) is 30.8. The zero-order valence-electron chi connectivity index (χ0n) is 34.0. The number of benzene rings is 10. The minimum Gasteiger partial charge on any atom is -0.236 e. The molecule has 11 aromatic rings. The Balaban J connectivity index is 1.13. The molecule has 0 saturated heterocycles. The van der Waals surface area contributed by atoms with Crippen molar-refractivity contribution in [3.63, 3.8) is 0 Å². The highest BCUT2D eigenvalue weighted by molar-refractivity contribution is 6.23. The molecule has 0 unspecified atom stereocenters. The van der Waals surface area contributed by atoms with Gasteiger partial charge in [0.1, 0.15) is 0 Å². The van der Waals surface area contributed by atoms with Crippen LogP contribution in [-0.4, -0.2) is 9.97 Å². The van der Waals surface area contributed by atoms with E-state index in [1.54, 1.807) is 0 Å². The number of hydrogen-bond acceptors (Lipinski definition) is 2. The molecule has 0 radical (unpaired) electrons. The second-order valence-corrected chi connectivity index (χ2v) is 15.7. The molecule has 0 aliphatic heterocycles. The highest BCUT2D eigenvalue weighted by Gasteiger charge is 2.22. The normalized spacial score (nSPS) is 11.2. The van der Waals surface area contributed by atoms with Crippen LogP contribution >= 0.6 is 0 Å². The average molecular weight is 789 g/mol. The third-order valence-electron chi connectivity index (χ3n) is 12.0. The fraction of sp³-hybridized carbons (Fsp3) is 0. The second kappa shape index (κ2) is 16.1. The number of aromatic nitrogens is 2. The molecule has 10 aromatic carbocycles. The lowest BCUT2D eigenvalue weighted by molar-refractivity contribution is 1.18. The highest BCUT2D eigenvalue weighted by atomic mass is 14.9. The molecule has 0 saturated carbocycles. The zero-order valence-corrected chi connectivity index (χ0v) is 34.0. The minimum atomic E-state index is 0.691. The average Bonchev–Trinajstić information content (AvgIpc) is 3.36. The Morgan fingerprint density at radius 1 is 0.210 bits per heavy atom. The molecular formula is C60H40N2. The van der Waals surface area contributed by atoms with Gasteiger partial charge in [0.05, 0.1) is 0 Å². The number of rotatable bonds is 8. The fourth-order valence-corrected chi connectivity index (χ4v) is 9.01. The minimum absolute atomic E-state index is 0.691. The van der Waals surface area contributed by atoms with Crippen molar-refractivity contribution in [2.75, 3.05) is 0 Å². The summed E-state index contributed by atoms with van der Waals surface area (Å²) in [7, 11) is 0. The Kier molecular flexibility index (Phi) is 9.57. The Bertz CT molecular complexity index is 3340. The Hall–Kier alpha value is -8.20. The molecule has 62 heavy (non-hydrogen) atoms. The number of nitrogens with zero attached hydrogens (tertiary/aromatic N) is 2. The van der Waals surface area contributed by atoms with E-state index in [1.165, 1.54) is 82.9 Å². The summed E-state index contributed by atoms with van der Waals surface area (Å²) < 4.78 is 0. The van der Waals surface area contributed by atoms with E-state index in [4.69, 9.17) is 9.97 Å². The van der Waals surface area contributed by atoms with Gasteiger partial charge >= 0.3 is 0 Å². The lowest BCUT2D eigenvalue weighted by atomic mass is 9.81. The van der Waals surface area contributed by atoms with Crippen molar-refractivity contribution in [1.29, 1.82) is 0 Å². The van der Waals surface area contributed by atoms with Gasteiger partial charge in [-0.05, 0) is 99.9 Å². The molecule has 1 aromatic heterocycles. The molecule has 0 aliphatic carbocycles. The summed E-state index contributed by atoms with van der Waals surface area (Å²) in [5, 5.41) is 4.71. The predicted octanol–water partition coefficient (Wildman–Crippen LogP) is 16.1. The van der Waals surface area contributed by atoms with Crippen LogP contribution < -0.4 is 0 Å². The molecular weight excluding hydrogens is 749 g/mol. The van der Waals surface area contributed by atoms with Crippen LogP contribution in [0.2, 0.25) is 0 Å². The molecule has 11 rings (SSSR count). The zero-order chi connectivity index (χ0) is 41.2. The predicted molar refractivity (Wildman–Crippen MR) is 261 cm³/mol. The first-order valence-electron chi connectivity index (χ1n) is 21.1. The maximum Gasteiger partial charge on any atom is 0.159 e. The molecule has 0 aliphatic rings. The van der Waals surface area contributed by atoms with Crippen molar-refractivity contribution in [3.05, 3.63) is 243 Å². The van der Waals surface area contributed by atoms with E-state index in [-0.39, 0.29) is 0 Å². The standard InChI is InChI=1S/C60H40N2/c1-4-16-41(17-5-1)44-28-32-46(33-29-44)50-22-10-12-24-52(50)58-54-26-14-15-27-55(54)59(53-25-13-11-23-51(53)47-34-30-45(31-35-47)42-18-6-2-7-19-42)57-38-48(36-37-56(57)58)60-61-39-49(40-62-60)43-20-8-3-9-21-43/h1-40H. The lowest BCUT2D eigenvalue weighted by Gasteiger charge is -2.21. The van der Waals surface area contributed by atoms with Crippen LogP contribution in [0.15, 0.2) is 243 Å². The molecule has 1 heterocycles. The van der Waals surface area contributed by atoms with Gasteiger partial charge in [0.25, 0.3) is 0 Å². The summed E-state index contributed by atoms with van der Waals surface area (Å²) in [5.74, 6) is 0.691. The van der Waals surface area contributed by atoms with Crippen LogP contribution in [0.3, 0.4) is 0 Å². The fourth-order valence-electron chi connectivity index (χ4n) is 9.01. The maximum absolute atomic E-state index is 4.95. The van der Waals surface area contributed by atoms with E-state index in [0.717, 1.165) is 22.1 Å². The van der Waals surface area contributed by atoms with Gasteiger partial charge in [-0.15, -0.1) is 0 Å². The van der Waals surface area contributed by atoms with Crippen molar-refractivity contribution >= 4 is 21.5 Å². The quantitative estimate of drug-likeness (QED) is 0.143. The first kappa shape index (κ1) is 36.8. The highest BCUT2D eigenvalue weighted by Crippen LogP contribution is 2.48. The molecule has 0 amide bonds. The van der Waals surface area contributed by atoms with Crippen molar-refractivity contribution in [2.45, 2.75) is 0 Å². The lowest BCUT2D eigenvalue weighted by Crippen LogP contribution is -1.95. The first-order valence-corrected chi connectivity index (χ1v) is 21.1. The summed E-state index contributed by atoms with van der Waals surface area (Å²) in [6.07, 6.45) is 3.87. The van der Waals surface area contributed by atoms with E-state index >= 15 is 0 Å². The van der Waals surface area contributed by atoms with Crippen molar-refractivity contribution in [1.82, 2.24) is 9.97 Å². The summed E-state index contributed by atoms with van der Waals surface area (Å²) in [4.78, 5) is 9.89. The largest absolute Gasteiger partial charge is 0.236 e. The van der Waals surface area contributed by atoms with Gasteiger partial charge in [0, 0.05) is 23.5 Å². The third-order valence-corrected chi connectivity index (χ3v) is 12.0. The maximum atomic E-state index is 4.95. The summed E-state index contributed by atoms with van der Waals surface area (Å²) in [5.41, 5.74) is 17.3. The summed E-state index contributed by atoms with van der Waals surface area (Å²) >= 11 is 0. The topological polar surface area (TPSA) is 25.8 Å². The number of hydrogen-bond donors (Lipinski definition) is 0. The van der Waals surface area contributed by atoms with E-state index < -0.39 is 0 Å². The van der Waals surface area contributed by atoms with E-state index in [1.807, 2.05) is 30.6 Å². The van der Waals surface area contributed by atoms with Crippen LogP contribution in [0.5, 0.6) is 0 Å². The Morgan fingerprint density at radius 3 is 1.00 bits per heavy atom. The van der Waals surface area contributed by atoms with E-state index in [0.29, 0.717) is 5.82 Å². The van der Waals surface area contributed by atoms with Crippen LogP contribution in [-0.2, 0) is 0 Å². The molecule has 290 valence electrons. The summed E-state index contributed by atoms with van der Waals surface area (Å²) in [6, 6.07) is 82.8. The summed E-state index contributed by atoms with van der Waals surface area (Å²) in [6.45, 7) is 0. The van der Waals surface area contributed by atoms with E-state index in [2.05, 4.69) is 212 Å². The molecule has 2 heteroatoms. The number of fused-ring (bicyclic) bond motifs is 2. The van der Waals surface area contributed by atoms with Crippen molar-refractivity contribution in [2.24, 2.45) is 0 Å². The van der Waals surface area contributed by atoms with Gasteiger partial charge in [-0.3, -0.25) is 0 Å². The second-order valence-electron chi connectivity index (χ2n) is 15.7. The van der Waals surface area contributed by atoms with Gasteiger partial charge in [-0.25, -0.2) is 9.97 Å². The molecule has 0 fully saturated rings. The van der Waals surface area contributed by atoms with Crippen LogP contribution in [0, 0.1) is 0 Å². The monoisotopic (exact) mass is 788 g/mol. The van der Waals surface area contributed by atoms with Crippen LogP contribution in [0.25, 0.3) is 111 Å². The van der Waals surface area contributed by atoms with Crippen molar-refractivity contribution < 1.29 is 0 Å². The van der Waals surface area contributed by atoms with Crippen LogP contribution in [0.1, 0.15) is 0 Å². The molecule has 0 spiro atoms. The van der Waals surface area contributed by atoms with Gasteiger partial charge < -0.3 is 0 Å². The molecule has 0 N–H and O–H groups in total. The SMILES string of the molecule is c1ccc(-c2ccc(-c3ccccc3-c3c4ccccc4c(-c4ccccc4-c4ccc(-c5ccccc5)cc4)c4cc(-c5ncc(-c6ccccc6)cn5)ccc34)cc2)cc1. The van der Waals surface area contributed by atoms with Gasteiger partial charge in [0.2, 0.25) is 0 Å². The smallest absolute Gasteiger partial charge is 0.159 e. The molecule has 2 nitrogen and oxygen atoms in total. The molecule has 0 bridgehead atoms. The van der Waals surface area contributed by atoms with Crippen molar-refractivity contribution in [3.8, 4) is 89.3 Å². The third kappa shape index (κ3) is 6.84. The van der Waals surface area contributed by atoms with E-state index in [9.17, 15) is 0 Å². The Labute approximate surface area is 362 Å². The van der Waals surface area contributed by atoms with Gasteiger partial charge in [0.15, 0.2) is 5.82 Å². The van der Waals surface area contributed by atoms with Gasteiger partial charge in [-0.1, -0.05) is 224 Å². The molecule has 0 atom stereocenters. The van der Waals surface area contributed by atoms with Gasteiger partial charge in [-0.2, -0.15) is 0 Å². The Morgan fingerprint density at radius 2 is 0.532 bits per heavy atom. The van der Waals surface area contributed by atoms with Crippen LogP contribution in [0.4, 0.5) is 0 Å².